The van der Waals surface area contributed by atoms with E-state index >= 15 is 0 Å². The van der Waals surface area contributed by atoms with E-state index in [-0.39, 0.29) is 50.1 Å². The molecule has 0 saturated heterocycles. The number of ether oxygens (including phenoxy) is 24. The van der Waals surface area contributed by atoms with Gasteiger partial charge in [-0.3, -0.25) is 19.2 Å². The summed E-state index contributed by atoms with van der Waals surface area (Å²) in [6.07, 6.45) is 18.0. The zero-order valence-electron chi connectivity index (χ0n) is 69.0. The van der Waals surface area contributed by atoms with Gasteiger partial charge in [0.15, 0.2) is 0 Å². The van der Waals surface area contributed by atoms with Crippen molar-refractivity contribution in [1.82, 2.24) is 16.0 Å². The van der Waals surface area contributed by atoms with Crippen LogP contribution in [0.1, 0.15) is 135 Å². The quantitative estimate of drug-likeness (QED) is 0.0459. The number of hydrogen-bond acceptors (Lipinski definition) is 30. The van der Waals surface area contributed by atoms with Crippen molar-refractivity contribution in [3.63, 3.8) is 0 Å². The van der Waals surface area contributed by atoms with Crippen molar-refractivity contribution in [3.8, 4) is 0 Å². The van der Waals surface area contributed by atoms with E-state index in [0.717, 1.165) is 19.3 Å². The van der Waals surface area contributed by atoms with Crippen molar-refractivity contribution in [3.05, 3.63) is 0 Å². The summed E-state index contributed by atoms with van der Waals surface area (Å²) in [7, 11) is 0. The summed E-state index contributed by atoms with van der Waals surface area (Å²) in [5.74, 6) is -2.87. The average molecular weight is 1640 g/mol. The standard InChI is InChI=1S/C78H152N4O31/c1-2-3-4-5-6-7-8-9-10-11-12-13-14-18-76(85)82-73(78(88)89)19-20-74(83)81-23-25-91-27-29-93-31-33-95-35-37-97-39-41-99-43-45-101-47-49-103-51-53-105-55-57-107-59-61-109-63-65-111-67-69-113-71-70-112-68-66-110-64-62-108-60-58-106-56-54-104-52-50-102-48-46-100-44-42-98-40-38-96-36-34-94-32-30-92-28-26-90-24-21-75(84)80-22-16-15-17-72(79)77(86)87/h72-73H,2-71,79H2,1H3,(H,80,84)(H,81,83)(H,82,85)(H,86,87)(H,88,89)/t72-,73-/m0/s1. The van der Waals surface area contributed by atoms with Gasteiger partial charge in [-0.2, -0.15) is 0 Å². The predicted octanol–water partition coefficient (Wildman–Crippen LogP) is 4.42. The fourth-order valence-electron chi connectivity index (χ4n) is 9.71. The Balaban J connectivity index is 3.22. The van der Waals surface area contributed by atoms with E-state index in [9.17, 15) is 29.1 Å². The smallest absolute Gasteiger partial charge is 0.326 e. The highest BCUT2D eigenvalue weighted by Gasteiger charge is 2.21. The molecule has 0 aromatic carbocycles. The zero-order valence-corrected chi connectivity index (χ0v) is 69.0. The number of carbonyl (C=O) groups excluding carboxylic acids is 3. The number of unbranched alkanes of at least 4 members (excludes halogenated alkanes) is 13. The highest BCUT2D eigenvalue weighted by Crippen LogP contribution is 2.13. The Kier molecular flexibility index (Phi) is 92.4. The Morgan fingerprint density at radius 1 is 0.230 bits per heavy atom. The van der Waals surface area contributed by atoms with E-state index in [4.69, 9.17) is 125 Å². The number of amides is 3. The average Bonchev–Trinajstić information content (AvgIpc) is 0.932. The third-order valence-corrected chi connectivity index (χ3v) is 16.0. The molecule has 0 aliphatic carbocycles. The van der Waals surface area contributed by atoms with Crippen molar-refractivity contribution >= 4 is 29.7 Å². The van der Waals surface area contributed by atoms with Crippen molar-refractivity contribution in [2.24, 2.45) is 5.73 Å². The summed E-state index contributed by atoms with van der Waals surface area (Å²) < 4.78 is 132. The Bertz CT molecular complexity index is 1980. The normalized spacial score (nSPS) is 12.1. The Labute approximate surface area is 674 Å². The van der Waals surface area contributed by atoms with Gasteiger partial charge in [-0.05, 0) is 32.1 Å². The summed E-state index contributed by atoms with van der Waals surface area (Å²) in [6.45, 7) is 24.3. The minimum atomic E-state index is -1.15. The van der Waals surface area contributed by atoms with Gasteiger partial charge in [0, 0.05) is 32.4 Å². The summed E-state index contributed by atoms with van der Waals surface area (Å²) in [5.41, 5.74) is 5.45. The molecule has 0 spiro atoms. The first-order chi connectivity index (χ1) is 55.7. The molecule has 0 aromatic rings. The molecule has 113 heavy (non-hydrogen) atoms. The molecule has 0 saturated carbocycles. The van der Waals surface area contributed by atoms with Crippen LogP contribution in [0.15, 0.2) is 0 Å². The van der Waals surface area contributed by atoms with Crippen molar-refractivity contribution < 1.29 is 148 Å². The van der Waals surface area contributed by atoms with Gasteiger partial charge in [-0.15, -0.1) is 0 Å². The molecule has 7 N–H and O–H groups in total. The van der Waals surface area contributed by atoms with Gasteiger partial charge in [0.25, 0.3) is 0 Å². The lowest BCUT2D eigenvalue weighted by molar-refractivity contribution is -0.142. The lowest BCUT2D eigenvalue weighted by Crippen LogP contribution is -2.41. The van der Waals surface area contributed by atoms with E-state index in [1.807, 2.05) is 0 Å². The molecule has 0 rings (SSSR count). The van der Waals surface area contributed by atoms with Gasteiger partial charge in [0.05, 0.1) is 317 Å². The third kappa shape index (κ3) is 93.7. The second kappa shape index (κ2) is 95.5. The lowest BCUT2D eigenvalue weighted by atomic mass is 10.0. The maximum absolute atomic E-state index is 12.4. The van der Waals surface area contributed by atoms with Crippen molar-refractivity contribution in [2.75, 3.05) is 330 Å². The maximum atomic E-state index is 12.4. The molecule has 0 aliphatic heterocycles. The highest BCUT2D eigenvalue weighted by atomic mass is 16.6. The number of nitrogens with one attached hydrogen (secondary N) is 3. The predicted molar refractivity (Wildman–Crippen MR) is 419 cm³/mol. The third-order valence-electron chi connectivity index (χ3n) is 16.0. The van der Waals surface area contributed by atoms with Crippen LogP contribution in [0.2, 0.25) is 0 Å². The Morgan fingerprint density at radius 2 is 0.451 bits per heavy atom. The van der Waals surface area contributed by atoms with E-state index < -0.39 is 24.0 Å². The van der Waals surface area contributed by atoms with Gasteiger partial charge in [0.2, 0.25) is 17.7 Å². The first-order valence-electron chi connectivity index (χ1n) is 41.6. The number of nitrogens with two attached hydrogens (primary N) is 1. The van der Waals surface area contributed by atoms with Crippen LogP contribution >= 0.6 is 0 Å². The highest BCUT2D eigenvalue weighted by molar-refractivity contribution is 5.84. The molecule has 35 heteroatoms. The van der Waals surface area contributed by atoms with Crippen LogP contribution in [-0.4, -0.2) is 382 Å². The Hall–Kier alpha value is -3.65. The SMILES string of the molecule is CCCCCCCCCCCCCCCC(=O)N[C@@H](CCC(=O)NCCOCCOCCOCCOCCOCCOCCOCCOCCOCCOCCOCCOCCOCCOCCOCCOCCOCCOCCOCCOCCOCCOCCOCCOCCC(=O)NCCCC[C@H](N)C(=O)O)C(=O)O. The molecule has 0 heterocycles. The number of carbonyl (C=O) groups is 5. The molecule has 2 atom stereocenters. The molecule has 0 radical (unpaired) electrons. The van der Waals surface area contributed by atoms with Crippen LogP contribution in [0.25, 0.3) is 0 Å². The first kappa shape index (κ1) is 109. The van der Waals surface area contributed by atoms with Gasteiger partial charge >= 0.3 is 11.9 Å². The molecular weight excluding hydrogens is 1490 g/mol. The molecule has 0 aromatic heterocycles. The molecule has 3 amide bonds. The molecule has 35 nitrogen and oxygen atoms in total. The second-order valence-corrected chi connectivity index (χ2v) is 25.6. The van der Waals surface area contributed by atoms with Crippen LogP contribution in [0.4, 0.5) is 0 Å². The van der Waals surface area contributed by atoms with Crippen LogP contribution in [0.5, 0.6) is 0 Å². The van der Waals surface area contributed by atoms with E-state index in [1.54, 1.807) is 0 Å². The molecule has 0 aliphatic rings. The topological polar surface area (TPSA) is 409 Å². The molecule has 0 unspecified atom stereocenters. The van der Waals surface area contributed by atoms with Crippen molar-refractivity contribution in [2.45, 2.75) is 147 Å². The van der Waals surface area contributed by atoms with Crippen LogP contribution in [0, 0.1) is 0 Å². The second-order valence-electron chi connectivity index (χ2n) is 25.6. The summed E-state index contributed by atoms with van der Waals surface area (Å²) in [5, 5.41) is 26.4. The fourth-order valence-corrected chi connectivity index (χ4v) is 9.71. The van der Waals surface area contributed by atoms with E-state index in [0.29, 0.717) is 343 Å². The minimum Gasteiger partial charge on any atom is -0.480 e. The molecule has 0 bridgehead atoms. The van der Waals surface area contributed by atoms with E-state index in [2.05, 4.69) is 22.9 Å². The summed E-state index contributed by atoms with van der Waals surface area (Å²) >= 11 is 0. The first-order valence-corrected chi connectivity index (χ1v) is 41.6. The largest absolute Gasteiger partial charge is 0.480 e. The van der Waals surface area contributed by atoms with Crippen LogP contribution in [-0.2, 0) is 138 Å². The molecule has 670 valence electrons. The van der Waals surface area contributed by atoms with Gasteiger partial charge in [-0.25, -0.2) is 4.79 Å². The minimum absolute atomic E-state index is 0.0164. The maximum Gasteiger partial charge on any atom is 0.326 e. The number of carboxylic acids is 2. The zero-order chi connectivity index (χ0) is 81.6. The molecular formula is C78H152N4O31. The summed E-state index contributed by atoms with van der Waals surface area (Å²) in [6, 6.07) is -1.96. The van der Waals surface area contributed by atoms with Gasteiger partial charge in [-0.1, -0.05) is 84.0 Å². The number of carboxylic acid groups (broad SMARTS) is 2. The number of hydrogen-bond donors (Lipinski definition) is 6. The number of aliphatic carboxylic acids is 2. The lowest BCUT2D eigenvalue weighted by Gasteiger charge is -2.14. The fraction of sp³-hybridized carbons (Fsp3) is 0.936. The van der Waals surface area contributed by atoms with Gasteiger partial charge in [0.1, 0.15) is 12.1 Å². The van der Waals surface area contributed by atoms with Crippen molar-refractivity contribution in [1.29, 1.82) is 0 Å². The Morgan fingerprint density at radius 3 is 0.699 bits per heavy atom. The van der Waals surface area contributed by atoms with Gasteiger partial charge < -0.3 is 146 Å². The monoisotopic (exact) mass is 1640 g/mol. The number of rotatable bonds is 100. The van der Waals surface area contributed by atoms with E-state index in [1.165, 1.54) is 64.2 Å². The summed E-state index contributed by atoms with van der Waals surface area (Å²) in [4.78, 5) is 58.8. The van der Waals surface area contributed by atoms with Crippen LogP contribution < -0.4 is 21.7 Å². The van der Waals surface area contributed by atoms with Crippen LogP contribution in [0.3, 0.4) is 0 Å². The molecule has 0 fully saturated rings.